The molecule has 0 spiro atoms. The standard InChI is InChI=1S/C21H16ClF3N4O3S/c22-15-5-3-12(21(23,24)25)9-14(15)18(30)27-13-4-6-16-11(8-13)10-26-19(28-16)29-20(31)32-17-2-1-7-33-17/h1-3,5,7,9-10,13H,4,6,8H2,(H,27,30)(H,26,28,29,31). The van der Waals surface area contributed by atoms with Gasteiger partial charge >= 0.3 is 12.3 Å². The third-order valence-corrected chi connectivity index (χ3v) is 6.00. The maximum Gasteiger partial charge on any atom is 0.420 e. The molecular weight excluding hydrogens is 481 g/mol. The Bertz CT molecular complexity index is 1190. The molecule has 2 heterocycles. The molecule has 0 saturated carbocycles. The van der Waals surface area contributed by atoms with Crippen molar-refractivity contribution in [1.82, 2.24) is 15.3 Å². The van der Waals surface area contributed by atoms with Gasteiger partial charge in [0, 0.05) is 17.9 Å². The molecule has 2 aromatic heterocycles. The largest absolute Gasteiger partial charge is 0.420 e. The molecule has 12 heteroatoms. The average molecular weight is 497 g/mol. The van der Waals surface area contributed by atoms with Crippen LogP contribution in [0.25, 0.3) is 0 Å². The molecule has 0 fully saturated rings. The first-order valence-corrected chi connectivity index (χ1v) is 11.0. The Morgan fingerprint density at radius 2 is 2.06 bits per heavy atom. The summed E-state index contributed by atoms with van der Waals surface area (Å²) in [5.41, 5.74) is 0.285. The summed E-state index contributed by atoms with van der Waals surface area (Å²) in [4.78, 5) is 32.9. The number of fused-ring (bicyclic) bond motifs is 1. The number of alkyl halides is 3. The predicted molar refractivity (Wildman–Crippen MR) is 116 cm³/mol. The summed E-state index contributed by atoms with van der Waals surface area (Å²) in [6, 6.07) is 5.70. The summed E-state index contributed by atoms with van der Waals surface area (Å²) in [7, 11) is 0. The van der Waals surface area contributed by atoms with Crippen LogP contribution >= 0.6 is 22.9 Å². The highest BCUT2D eigenvalue weighted by atomic mass is 35.5. The Morgan fingerprint density at radius 3 is 2.79 bits per heavy atom. The van der Waals surface area contributed by atoms with Crippen molar-refractivity contribution in [3.05, 3.63) is 69.3 Å². The van der Waals surface area contributed by atoms with Crippen molar-refractivity contribution in [3.8, 4) is 5.06 Å². The van der Waals surface area contributed by atoms with Crippen LogP contribution in [0.1, 0.15) is 33.6 Å². The number of hydrogen-bond donors (Lipinski definition) is 2. The highest BCUT2D eigenvalue weighted by Crippen LogP contribution is 2.32. The first kappa shape index (κ1) is 23.0. The second-order valence-electron chi connectivity index (χ2n) is 7.22. The van der Waals surface area contributed by atoms with Gasteiger partial charge in [-0.2, -0.15) is 13.2 Å². The van der Waals surface area contributed by atoms with Crippen LogP contribution in [0.4, 0.5) is 23.9 Å². The molecule has 0 saturated heterocycles. The normalized spacial score (nSPS) is 15.5. The van der Waals surface area contributed by atoms with Crippen molar-refractivity contribution in [1.29, 1.82) is 0 Å². The number of nitrogens with one attached hydrogen (secondary N) is 2. The van der Waals surface area contributed by atoms with Gasteiger partial charge in [-0.1, -0.05) is 11.6 Å². The minimum atomic E-state index is -4.58. The minimum Gasteiger partial charge on any atom is -0.399 e. The SMILES string of the molecule is O=C(Nc1ncc2c(n1)CCC(NC(=O)c1cc(C(F)(F)F)ccc1Cl)C2)Oc1cccs1. The van der Waals surface area contributed by atoms with E-state index < -0.39 is 23.7 Å². The smallest absolute Gasteiger partial charge is 0.399 e. The van der Waals surface area contributed by atoms with Gasteiger partial charge in [-0.15, -0.1) is 11.3 Å². The lowest BCUT2D eigenvalue weighted by Gasteiger charge is -2.25. The Labute approximate surface area is 195 Å². The molecule has 0 aliphatic heterocycles. The molecule has 0 radical (unpaired) electrons. The summed E-state index contributed by atoms with van der Waals surface area (Å²) < 4.78 is 44.0. The molecule has 7 nitrogen and oxygen atoms in total. The number of thiophene rings is 1. The zero-order chi connectivity index (χ0) is 23.6. The molecule has 0 bridgehead atoms. The summed E-state index contributed by atoms with van der Waals surface area (Å²) in [6.45, 7) is 0. The lowest BCUT2D eigenvalue weighted by Crippen LogP contribution is -2.39. The average Bonchev–Trinajstić information content (AvgIpc) is 3.26. The maximum atomic E-state index is 13.0. The number of amides is 2. The van der Waals surface area contributed by atoms with E-state index in [1.54, 1.807) is 23.7 Å². The van der Waals surface area contributed by atoms with Crippen LogP contribution in [0.15, 0.2) is 41.9 Å². The zero-order valence-corrected chi connectivity index (χ0v) is 18.4. The van der Waals surface area contributed by atoms with E-state index in [1.807, 2.05) is 0 Å². The van der Waals surface area contributed by atoms with Crippen molar-refractivity contribution in [2.45, 2.75) is 31.5 Å². The van der Waals surface area contributed by atoms with Crippen molar-refractivity contribution in [2.24, 2.45) is 0 Å². The lowest BCUT2D eigenvalue weighted by atomic mass is 9.92. The van der Waals surface area contributed by atoms with Crippen molar-refractivity contribution in [3.63, 3.8) is 0 Å². The fraction of sp³-hybridized carbons (Fsp3) is 0.238. The maximum absolute atomic E-state index is 13.0. The molecular formula is C21H16ClF3N4O3S. The van der Waals surface area contributed by atoms with Crippen molar-refractivity contribution >= 4 is 40.9 Å². The van der Waals surface area contributed by atoms with E-state index >= 15 is 0 Å². The van der Waals surface area contributed by atoms with Gasteiger partial charge in [-0.25, -0.2) is 14.8 Å². The van der Waals surface area contributed by atoms with Crippen LogP contribution in [0.3, 0.4) is 0 Å². The molecule has 1 aromatic carbocycles. The van der Waals surface area contributed by atoms with Gasteiger partial charge in [0.15, 0.2) is 5.06 Å². The summed E-state index contributed by atoms with van der Waals surface area (Å²) in [6.07, 6.45) is -2.38. The number of halogens is 4. The van der Waals surface area contributed by atoms with Gasteiger partial charge in [-0.05, 0) is 60.5 Å². The first-order chi connectivity index (χ1) is 15.7. The third-order valence-electron chi connectivity index (χ3n) is 4.93. The number of benzene rings is 1. The fourth-order valence-electron chi connectivity index (χ4n) is 3.36. The van der Waals surface area contributed by atoms with Crippen LogP contribution in [-0.4, -0.2) is 28.0 Å². The number of aryl methyl sites for hydroxylation is 1. The number of rotatable bonds is 4. The molecule has 4 rings (SSSR count). The number of anilines is 1. The van der Waals surface area contributed by atoms with E-state index in [4.69, 9.17) is 16.3 Å². The molecule has 1 atom stereocenters. The number of nitrogens with zero attached hydrogens (tertiary/aromatic N) is 2. The Morgan fingerprint density at radius 1 is 1.24 bits per heavy atom. The summed E-state index contributed by atoms with van der Waals surface area (Å²) >= 11 is 7.22. The molecule has 33 heavy (non-hydrogen) atoms. The van der Waals surface area contributed by atoms with Gasteiger partial charge in [0.05, 0.1) is 16.1 Å². The zero-order valence-electron chi connectivity index (χ0n) is 16.8. The molecule has 172 valence electrons. The topological polar surface area (TPSA) is 93.2 Å². The van der Waals surface area contributed by atoms with E-state index in [-0.39, 0.29) is 22.6 Å². The first-order valence-electron chi connectivity index (χ1n) is 9.74. The monoisotopic (exact) mass is 496 g/mol. The van der Waals surface area contributed by atoms with Gasteiger partial charge < -0.3 is 10.1 Å². The number of hydrogen-bond acceptors (Lipinski definition) is 6. The van der Waals surface area contributed by atoms with Crippen LogP contribution < -0.4 is 15.4 Å². The van der Waals surface area contributed by atoms with Gasteiger partial charge in [-0.3, -0.25) is 10.1 Å². The van der Waals surface area contributed by atoms with Crippen LogP contribution in [-0.2, 0) is 19.0 Å². The number of aromatic nitrogens is 2. The van der Waals surface area contributed by atoms with E-state index in [9.17, 15) is 22.8 Å². The van der Waals surface area contributed by atoms with Crippen molar-refractivity contribution in [2.75, 3.05) is 5.32 Å². The Balaban J connectivity index is 1.39. The number of carbonyl (C=O) groups excluding carboxylic acids is 2. The lowest BCUT2D eigenvalue weighted by molar-refractivity contribution is -0.137. The van der Waals surface area contributed by atoms with Crippen molar-refractivity contribution < 1.29 is 27.5 Å². The predicted octanol–water partition coefficient (Wildman–Crippen LogP) is 5.11. The molecule has 1 unspecified atom stereocenters. The number of ether oxygens (including phenoxy) is 1. The number of carbonyl (C=O) groups is 2. The van der Waals surface area contributed by atoms with Crippen LogP contribution in [0, 0.1) is 0 Å². The molecule has 2 N–H and O–H groups in total. The quantitative estimate of drug-likeness (QED) is 0.523. The van der Waals surface area contributed by atoms with E-state index in [0.29, 0.717) is 30.0 Å². The third kappa shape index (κ3) is 5.60. The second-order valence-corrected chi connectivity index (χ2v) is 8.54. The molecule has 3 aromatic rings. The highest BCUT2D eigenvalue weighted by molar-refractivity contribution is 7.11. The van der Waals surface area contributed by atoms with E-state index in [0.717, 1.165) is 23.8 Å². The molecule has 1 aliphatic rings. The Kier molecular flexibility index (Phi) is 6.52. The highest BCUT2D eigenvalue weighted by Gasteiger charge is 2.32. The van der Waals surface area contributed by atoms with Crippen LogP contribution in [0.2, 0.25) is 5.02 Å². The summed E-state index contributed by atoms with van der Waals surface area (Å²) in [5, 5.41) is 7.34. The molecule has 2 amide bonds. The van der Waals surface area contributed by atoms with Gasteiger partial charge in [0.2, 0.25) is 5.95 Å². The van der Waals surface area contributed by atoms with E-state index in [1.165, 1.54) is 11.3 Å². The molecule has 1 aliphatic carbocycles. The van der Waals surface area contributed by atoms with E-state index in [2.05, 4.69) is 20.6 Å². The minimum absolute atomic E-state index is 0.0646. The van der Waals surface area contributed by atoms with Gasteiger partial charge in [0.25, 0.3) is 5.91 Å². The van der Waals surface area contributed by atoms with Crippen LogP contribution in [0.5, 0.6) is 5.06 Å². The second kappa shape index (κ2) is 9.36. The van der Waals surface area contributed by atoms with Gasteiger partial charge in [0.1, 0.15) is 0 Å². The fourth-order valence-corrected chi connectivity index (χ4v) is 4.13. The Hall–Kier alpha value is -3.18. The summed E-state index contributed by atoms with van der Waals surface area (Å²) in [5.74, 6) is -0.594.